The molecule has 0 aliphatic rings. The van der Waals surface area contributed by atoms with E-state index < -0.39 is 6.04 Å². The summed E-state index contributed by atoms with van der Waals surface area (Å²) in [5.74, 6) is 0.326. The van der Waals surface area contributed by atoms with Gasteiger partial charge < -0.3 is 11.5 Å². The highest BCUT2D eigenvalue weighted by atomic mass is 35.5. The van der Waals surface area contributed by atoms with Crippen molar-refractivity contribution in [2.45, 2.75) is 12.5 Å². The van der Waals surface area contributed by atoms with E-state index in [1.54, 1.807) is 6.07 Å². The maximum Gasteiger partial charge on any atom is 0.128 e. The van der Waals surface area contributed by atoms with Crippen LogP contribution in [-0.2, 0) is 0 Å². The lowest BCUT2D eigenvalue weighted by Crippen LogP contribution is -2.12. The van der Waals surface area contributed by atoms with Crippen molar-refractivity contribution in [1.82, 2.24) is 4.98 Å². The van der Waals surface area contributed by atoms with Crippen molar-refractivity contribution < 1.29 is 0 Å². The standard InChI is InChI=1S/C8H9ClN4/c9-5-3-6(7(11)1-2-10)8(12)13-4-5/h3-4,7H,1,11H2,(H2,12,13). The van der Waals surface area contributed by atoms with Gasteiger partial charge in [-0.3, -0.25) is 0 Å². The number of nitrogens with two attached hydrogens (primary N) is 2. The summed E-state index contributed by atoms with van der Waals surface area (Å²) in [5.41, 5.74) is 11.9. The Bertz CT molecular complexity index is 344. The summed E-state index contributed by atoms with van der Waals surface area (Å²) in [6.45, 7) is 0. The van der Waals surface area contributed by atoms with E-state index >= 15 is 0 Å². The Morgan fingerprint density at radius 1 is 1.69 bits per heavy atom. The predicted octanol–water partition coefficient (Wildman–Crippen LogP) is 1.23. The van der Waals surface area contributed by atoms with E-state index in [4.69, 9.17) is 28.3 Å². The molecule has 0 radical (unpaired) electrons. The molecule has 1 rings (SSSR count). The second-order valence-corrected chi connectivity index (χ2v) is 3.03. The van der Waals surface area contributed by atoms with Crippen molar-refractivity contribution in [3.8, 4) is 6.07 Å². The molecule has 0 aliphatic heterocycles. The van der Waals surface area contributed by atoms with Crippen LogP contribution < -0.4 is 11.5 Å². The Morgan fingerprint density at radius 3 is 3.00 bits per heavy atom. The van der Waals surface area contributed by atoms with E-state index in [1.807, 2.05) is 6.07 Å². The van der Waals surface area contributed by atoms with Crippen LogP contribution in [-0.4, -0.2) is 4.98 Å². The maximum atomic E-state index is 8.43. The first-order chi connectivity index (χ1) is 6.15. The molecule has 0 fully saturated rings. The van der Waals surface area contributed by atoms with Crippen molar-refractivity contribution in [2.75, 3.05) is 5.73 Å². The van der Waals surface area contributed by atoms with Crippen LogP contribution in [0.3, 0.4) is 0 Å². The van der Waals surface area contributed by atoms with E-state index in [-0.39, 0.29) is 6.42 Å². The molecule has 0 aliphatic carbocycles. The Kier molecular flexibility index (Phi) is 3.07. The van der Waals surface area contributed by atoms with Gasteiger partial charge in [0.15, 0.2) is 0 Å². The van der Waals surface area contributed by atoms with E-state index in [0.29, 0.717) is 16.4 Å². The van der Waals surface area contributed by atoms with Crippen LogP contribution in [0.4, 0.5) is 5.82 Å². The van der Waals surface area contributed by atoms with Gasteiger partial charge >= 0.3 is 0 Å². The molecule has 1 aromatic rings. The molecule has 13 heavy (non-hydrogen) atoms. The van der Waals surface area contributed by atoms with Crippen LogP contribution in [0.15, 0.2) is 12.3 Å². The van der Waals surface area contributed by atoms with Gasteiger partial charge in [0.2, 0.25) is 0 Å². The molecule has 4 nitrogen and oxygen atoms in total. The fraction of sp³-hybridized carbons (Fsp3) is 0.250. The molecule has 5 heteroatoms. The number of aromatic nitrogens is 1. The normalized spacial score (nSPS) is 12.1. The summed E-state index contributed by atoms with van der Waals surface area (Å²) in [7, 11) is 0. The van der Waals surface area contributed by atoms with Crippen molar-refractivity contribution in [1.29, 1.82) is 5.26 Å². The first-order valence-corrected chi connectivity index (χ1v) is 4.06. The van der Waals surface area contributed by atoms with Crippen LogP contribution >= 0.6 is 11.6 Å². The van der Waals surface area contributed by atoms with Gasteiger partial charge in [-0.15, -0.1) is 0 Å². The summed E-state index contributed by atoms with van der Waals surface area (Å²) in [6.07, 6.45) is 1.64. The van der Waals surface area contributed by atoms with Gasteiger partial charge in [0.25, 0.3) is 0 Å². The molecule has 68 valence electrons. The van der Waals surface area contributed by atoms with E-state index in [0.717, 1.165) is 0 Å². The van der Waals surface area contributed by atoms with Gasteiger partial charge in [-0.1, -0.05) is 11.6 Å². The third-order valence-corrected chi connectivity index (χ3v) is 1.83. The molecule has 0 bridgehead atoms. The summed E-state index contributed by atoms with van der Waals surface area (Å²) in [6, 6.07) is 3.17. The van der Waals surface area contributed by atoms with Gasteiger partial charge in [-0.2, -0.15) is 5.26 Å². The van der Waals surface area contributed by atoms with Crippen LogP contribution in [0.1, 0.15) is 18.0 Å². The minimum absolute atomic E-state index is 0.201. The quantitative estimate of drug-likeness (QED) is 0.745. The Morgan fingerprint density at radius 2 is 2.38 bits per heavy atom. The number of anilines is 1. The molecular weight excluding hydrogens is 188 g/mol. The van der Waals surface area contributed by atoms with Crippen molar-refractivity contribution in [3.63, 3.8) is 0 Å². The van der Waals surface area contributed by atoms with Crippen molar-refractivity contribution in [2.24, 2.45) is 5.73 Å². The molecule has 0 aromatic carbocycles. The lowest BCUT2D eigenvalue weighted by molar-refractivity contribution is 0.747. The first-order valence-electron chi connectivity index (χ1n) is 3.68. The van der Waals surface area contributed by atoms with Gasteiger partial charge in [0, 0.05) is 17.8 Å². The molecule has 1 atom stereocenters. The van der Waals surface area contributed by atoms with Crippen LogP contribution in [0.25, 0.3) is 0 Å². The van der Waals surface area contributed by atoms with Crippen molar-refractivity contribution in [3.05, 3.63) is 22.8 Å². The fourth-order valence-electron chi connectivity index (χ4n) is 0.971. The lowest BCUT2D eigenvalue weighted by Gasteiger charge is -2.09. The molecule has 0 saturated heterocycles. The SMILES string of the molecule is N#CCC(N)c1cc(Cl)cnc1N. The summed E-state index contributed by atoms with van der Waals surface area (Å²) < 4.78 is 0. The van der Waals surface area contributed by atoms with Crippen molar-refractivity contribution >= 4 is 17.4 Å². The molecule has 1 unspecified atom stereocenters. The molecule has 1 aromatic heterocycles. The van der Waals surface area contributed by atoms with E-state index in [2.05, 4.69) is 4.98 Å². The highest BCUT2D eigenvalue weighted by Gasteiger charge is 2.10. The Labute approximate surface area is 81.1 Å². The number of hydrogen-bond donors (Lipinski definition) is 2. The van der Waals surface area contributed by atoms with Gasteiger partial charge in [-0.25, -0.2) is 4.98 Å². The molecule has 4 N–H and O–H groups in total. The second kappa shape index (κ2) is 4.08. The highest BCUT2D eigenvalue weighted by molar-refractivity contribution is 6.30. The number of hydrogen-bond acceptors (Lipinski definition) is 4. The third kappa shape index (κ3) is 2.31. The molecule has 0 spiro atoms. The number of nitriles is 1. The maximum absolute atomic E-state index is 8.43. The third-order valence-electron chi connectivity index (χ3n) is 1.63. The monoisotopic (exact) mass is 196 g/mol. The predicted molar refractivity (Wildman–Crippen MR) is 50.8 cm³/mol. The highest BCUT2D eigenvalue weighted by Crippen LogP contribution is 2.22. The number of pyridine rings is 1. The zero-order chi connectivity index (χ0) is 9.84. The van der Waals surface area contributed by atoms with Crippen LogP contribution in [0.5, 0.6) is 0 Å². The zero-order valence-corrected chi connectivity index (χ0v) is 7.62. The minimum atomic E-state index is -0.420. The molecule has 0 saturated carbocycles. The first kappa shape index (κ1) is 9.78. The van der Waals surface area contributed by atoms with Gasteiger partial charge in [0.1, 0.15) is 5.82 Å². The van der Waals surface area contributed by atoms with E-state index in [9.17, 15) is 0 Å². The second-order valence-electron chi connectivity index (χ2n) is 2.60. The fourth-order valence-corrected chi connectivity index (χ4v) is 1.14. The number of nitrogen functional groups attached to an aromatic ring is 1. The summed E-state index contributed by atoms with van der Waals surface area (Å²) in [4.78, 5) is 3.84. The Balaban J connectivity index is 3.00. The molecular formula is C8H9ClN4. The summed E-state index contributed by atoms with van der Waals surface area (Å²) >= 11 is 5.70. The Hall–Kier alpha value is -1.31. The van der Waals surface area contributed by atoms with E-state index in [1.165, 1.54) is 6.20 Å². The average Bonchev–Trinajstić information content (AvgIpc) is 2.09. The smallest absolute Gasteiger partial charge is 0.128 e. The van der Waals surface area contributed by atoms with Gasteiger partial charge in [-0.05, 0) is 6.07 Å². The molecule has 1 heterocycles. The minimum Gasteiger partial charge on any atom is -0.383 e. The molecule has 0 amide bonds. The van der Waals surface area contributed by atoms with Gasteiger partial charge in [0.05, 0.1) is 17.5 Å². The zero-order valence-electron chi connectivity index (χ0n) is 6.87. The van der Waals surface area contributed by atoms with Crippen LogP contribution in [0, 0.1) is 11.3 Å². The topological polar surface area (TPSA) is 88.7 Å². The average molecular weight is 197 g/mol. The number of rotatable bonds is 2. The largest absolute Gasteiger partial charge is 0.383 e. The summed E-state index contributed by atoms with van der Waals surface area (Å²) in [5, 5.41) is 8.90. The number of nitrogens with zero attached hydrogens (tertiary/aromatic N) is 2. The number of halogens is 1. The lowest BCUT2D eigenvalue weighted by atomic mass is 10.1. The van der Waals surface area contributed by atoms with Crippen LogP contribution in [0.2, 0.25) is 5.02 Å².